The fourth-order valence-electron chi connectivity index (χ4n) is 2.19. The molecule has 2 aromatic rings. The first-order valence-electron chi connectivity index (χ1n) is 8.13. The number of nitrogens with one attached hydrogen (secondary N) is 1. The van der Waals surface area contributed by atoms with Gasteiger partial charge < -0.3 is 14.8 Å². The summed E-state index contributed by atoms with van der Waals surface area (Å²) in [5, 5.41) is 11.2. The highest BCUT2D eigenvalue weighted by Gasteiger charge is 2.19. The number of esters is 1. The van der Waals surface area contributed by atoms with Crippen LogP contribution < -0.4 is 10.1 Å². The summed E-state index contributed by atoms with van der Waals surface area (Å²) < 4.78 is 33.8. The first kappa shape index (κ1) is 20.9. The average molecular weight is 402 g/mol. The van der Waals surface area contributed by atoms with Crippen molar-refractivity contribution in [2.75, 3.05) is 18.2 Å². The second-order valence-corrected chi connectivity index (χ2v) is 7.80. The topological polar surface area (TPSA) is 123 Å². The van der Waals surface area contributed by atoms with Gasteiger partial charge in [-0.2, -0.15) is 5.26 Å². The summed E-state index contributed by atoms with van der Waals surface area (Å²) in [6.07, 6.45) is 0.0456. The Hall–Kier alpha value is -3.38. The van der Waals surface area contributed by atoms with Crippen molar-refractivity contribution in [1.82, 2.24) is 0 Å². The van der Waals surface area contributed by atoms with Crippen LogP contribution in [0.3, 0.4) is 0 Å². The number of hydrogen-bond acceptors (Lipinski definition) is 7. The molecule has 0 aliphatic rings. The van der Waals surface area contributed by atoms with E-state index in [9.17, 15) is 18.0 Å². The number of anilines is 1. The van der Waals surface area contributed by atoms with Crippen LogP contribution in [-0.4, -0.2) is 39.3 Å². The predicted octanol–water partition coefficient (Wildman–Crippen LogP) is 1.91. The molecule has 2 rings (SSSR count). The van der Waals surface area contributed by atoms with Gasteiger partial charge in [0.1, 0.15) is 5.75 Å². The molecule has 0 aromatic heterocycles. The lowest BCUT2D eigenvalue weighted by atomic mass is 10.2. The normalized spacial score (nSPS) is 11.8. The van der Waals surface area contributed by atoms with Crippen LogP contribution >= 0.6 is 0 Å². The molecule has 1 N–H and O–H groups in total. The van der Waals surface area contributed by atoms with E-state index in [1.807, 2.05) is 6.07 Å². The smallest absolute Gasteiger partial charge is 0.347 e. The Morgan fingerprint density at radius 2 is 1.79 bits per heavy atom. The quantitative estimate of drug-likeness (QED) is 0.702. The Kier molecular flexibility index (Phi) is 6.74. The van der Waals surface area contributed by atoms with Gasteiger partial charge in [-0.15, -0.1) is 0 Å². The number of carbonyl (C=O) groups is 2. The number of rotatable bonds is 7. The molecule has 0 fully saturated rings. The molecule has 0 bridgehead atoms. The summed E-state index contributed by atoms with van der Waals surface area (Å²) in [4.78, 5) is 23.9. The Morgan fingerprint density at radius 3 is 2.39 bits per heavy atom. The largest absolute Gasteiger partial charge is 0.479 e. The summed E-state index contributed by atoms with van der Waals surface area (Å²) in [5.74, 6) is -1.08. The van der Waals surface area contributed by atoms with Crippen molar-refractivity contribution in [1.29, 1.82) is 5.26 Å². The van der Waals surface area contributed by atoms with Gasteiger partial charge in [0.05, 0.1) is 22.2 Å². The Bertz CT molecular complexity index is 1010. The molecule has 1 atom stereocenters. The van der Waals surface area contributed by atoms with Crippen LogP contribution in [0.5, 0.6) is 5.75 Å². The van der Waals surface area contributed by atoms with E-state index in [1.165, 1.54) is 37.3 Å². The molecule has 0 unspecified atom stereocenters. The molecule has 8 nitrogen and oxygen atoms in total. The minimum atomic E-state index is -3.53. The summed E-state index contributed by atoms with van der Waals surface area (Å²) in [7, 11) is -3.53. The molecule has 146 valence electrons. The molecule has 0 heterocycles. The molecule has 9 heteroatoms. The number of benzene rings is 2. The summed E-state index contributed by atoms with van der Waals surface area (Å²) in [6.45, 7) is 0.857. The molecule has 0 radical (unpaired) electrons. The lowest BCUT2D eigenvalue weighted by Gasteiger charge is -2.14. The standard InChI is InChI=1S/C19H18N2O6S/c1-13(27-15-9-7-14(11-20)8-10-15)19(23)26-12-18(22)21-16-5-3-4-6-17(16)28(2,24)25/h3-10,13H,12H2,1-2H3,(H,21,22)/t13-/m0/s1. The van der Waals surface area contributed by atoms with Crippen molar-refractivity contribution in [2.24, 2.45) is 0 Å². The van der Waals surface area contributed by atoms with E-state index < -0.39 is 34.4 Å². The zero-order valence-corrected chi connectivity index (χ0v) is 16.0. The minimum Gasteiger partial charge on any atom is -0.479 e. The molecule has 0 saturated heterocycles. The van der Waals surface area contributed by atoms with E-state index in [-0.39, 0.29) is 10.6 Å². The van der Waals surface area contributed by atoms with Gasteiger partial charge in [0.25, 0.3) is 5.91 Å². The zero-order valence-electron chi connectivity index (χ0n) is 15.2. The second-order valence-electron chi connectivity index (χ2n) is 5.82. The Morgan fingerprint density at radius 1 is 1.14 bits per heavy atom. The minimum absolute atomic E-state index is 0.0350. The summed E-state index contributed by atoms with van der Waals surface area (Å²) in [5.41, 5.74) is 0.557. The second kappa shape index (κ2) is 9.01. The van der Waals surface area contributed by atoms with Crippen LogP contribution in [0.2, 0.25) is 0 Å². The highest BCUT2D eigenvalue weighted by Crippen LogP contribution is 2.20. The molecule has 1 amide bonds. The molecule has 0 spiro atoms. The molecule has 2 aromatic carbocycles. The van der Waals surface area contributed by atoms with E-state index >= 15 is 0 Å². The third kappa shape index (κ3) is 5.82. The van der Waals surface area contributed by atoms with Crippen LogP contribution in [0.4, 0.5) is 5.69 Å². The number of para-hydroxylation sites is 1. The number of hydrogen-bond donors (Lipinski definition) is 1. The third-order valence-electron chi connectivity index (χ3n) is 3.53. The SMILES string of the molecule is C[C@H](Oc1ccc(C#N)cc1)C(=O)OCC(=O)Nc1ccccc1S(C)(=O)=O. The molecule has 0 aliphatic heterocycles. The molecule has 0 saturated carbocycles. The number of nitrogens with zero attached hydrogens (tertiary/aromatic N) is 1. The van der Waals surface area contributed by atoms with Crippen LogP contribution in [0, 0.1) is 11.3 Å². The maximum atomic E-state index is 12.0. The van der Waals surface area contributed by atoms with Crippen LogP contribution in [0.15, 0.2) is 53.4 Å². The van der Waals surface area contributed by atoms with Crippen molar-refractivity contribution in [3.63, 3.8) is 0 Å². The van der Waals surface area contributed by atoms with Crippen LogP contribution in [0.1, 0.15) is 12.5 Å². The van der Waals surface area contributed by atoms with Gasteiger partial charge in [0, 0.05) is 6.26 Å². The first-order valence-corrected chi connectivity index (χ1v) is 10.0. The van der Waals surface area contributed by atoms with Crippen molar-refractivity contribution in [3.05, 3.63) is 54.1 Å². The number of sulfone groups is 1. The van der Waals surface area contributed by atoms with Gasteiger partial charge in [0.15, 0.2) is 22.5 Å². The highest BCUT2D eigenvalue weighted by atomic mass is 32.2. The third-order valence-corrected chi connectivity index (χ3v) is 4.69. The molecular weight excluding hydrogens is 384 g/mol. The number of nitriles is 1. The van der Waals surface area contributed by atoms with Crippen molar-refractivity contribution in [2.45, 2.75) is 17.9 Å². The van der Waals surface area contributed by atoms with E-state index in [0.29, 0.717) is 11.3 Å². The Balaban J connectivity index is 1.90. The number of ether oxygens (including phenoxy) is 2. The van der Waals surface area contributed by atoms with Gasteiger partial charge in [-0.25, -0.2) is 13.2 Å². The van der Waals surface area contributed by atoms with Gasteiger partial charge in [0.2, 0.25) is 0 Å². The number of amides is 1. The van der Waals surface area contributed by atoms with Gasteiger partial charge in [-0.05, 0) is 43.3 Å². The average Bonchev–Trinajstić information content (AvgIpc) is 2.66. The molecule has 0 aliphatic carbocycles. The first-order chi connectivity index (χ1) is 13.2. The van der Waals surface area contributed by atoms with Crippen molar-refractivity contribution in [3.8, 4) is 11.8 Å². The van der Waals surface area contributed by atoms with E-state index in [1.54, 1.807) is 18.2 Å². The Labute approximate surface area is 162 Å². The maximum absolute atomic E-state index is 12.0. The van der Waals surface area contributed by atoms with E-state index in [0.717, 1.165) is 6.26 Å². The van der Waals surface area contributed by atoms with Gasteiger partial charge >= 0.3 is 5.97 Å². The van der Waals surface area contributed by atoms with Crippen molar-refractivity contribution >= 4 is 27.4 Å². The lowest BCUT2D eigenvalue weighted by molar-refractivity contribution is -0.153. The lowest BCUT2D eigenvalue weighted by Crippen LogP contribution is -2.30. The molecule has 28 heavy (non-hydrogen) atoms. The van der Waals surface area contributed by atoms with Gasteiger partial charge in [-0.1, -0.05) is 12.1 Å². The zero-order chi connectivity index (χ0) is 20.7. The van der Waals surface area contributed by atoms with E-state index in [2.05, 4.69) is 5.32 Å². The number of carbonyl (C=O) groups excluding carboxylic acids is 2. The van der Waals surface area contributed by atoms with Gasteiger partial charge in [-0.3, -0.25) is 4.79 Å². The predicted molar refractivity (Wildman–Crippen MR) is 100 cm³/mol. The highest BCUT2D eigenvalue weighted by molar-refractivity contribution is 7.90. The summed E-state index contributed by atoms with van der Waals surface area (Å²) in [6, 6.07) is 14.0. The van der Waals surface area contributed by atoms with Crippen molar-refractivity contribution < 1.29 is 27.5 Å². The summed E-state index contributed by atoms with van der Waals surface area (Å²) >= 11 is 0. The van der Waals surface area contributed by atoms with E-state index in [4.69, 9.17) is 14.7 Å². The fourth-order valence-corrected chi connectivity index (χ4v) is 3.04. The molecular formula is C19H18N2O6S. The monoisotopic (exact) mass is 402 g/mol. The fraction of sp³-hybridized carbons (Fsp3) is 0.211. The van der Waals surface area contributed by atoms with Crippen LogP contribution in [-0.2, 0) is 24.2 Å². The van der Waals surface area contributed by atoms with Crippen LogP contribution in [0.25, 0.3) is 0 Å². The maximum Gasteiger partial charge on any atom is 0.347 e.